The Balaban J connectivity index is 1.95. The Hall–Kier alpha value is -1.85. The summed E-state index contributed by atoms with van der Waals surface area (Å²) in [4.78, 5) is 15.7. The van der Waals surface area contributed by atoms with E-state index in [2.05, 4.69) is 46.9 Å². The minimum absolute atomic E-state index is 0.167. The average molecular weight is 317 g/mol. The highest BCUT2D eigenvalue weighted by atomic mass is 32.1. The number of rotatable bonds is 7. The van der Waals surface area contributed by atoms with Crippen molar-refractivity contribution in [1.82, 2.24) is 10.2 Å². The predicted molar refractivity (Wildman–Crippen MR) is 93.4 cm³/mol. The van der Waals surface area contributed by atoms with Gasteiger partial charge in [0.15, 0.2) is 0 Å². The summed E-state index contributed by atoms with van der Waals surface area (Å²) in [6.45, 7) is 6.81. The van der Waals surface area contributed by atoms with Gasteiger partial charge in [0.2, 0.25) is 0 Å². The third-order valence-corrected chi connectivity index (χ3v) is 4.59. The number of carbonyl (C=O) groups is 1. The normalized spacial score (nSPS) is 12.1. The number of amides is 2. The van der Waals surface area contributed by atoms with Crippen LogP contribution in [0.25, 0.3) is 0 Å². The van der Waals surface area contributed by atoms with E-state index < -0.39 is 0 Å². The standard InChI is InChI=1S/C17H23N3OS/c1-3-20(4-2)15(16-11-8-12-22-16)13-18-17(21)19-14-9-6-5-7-10-14/h5-12,15H,3-4,13H2,1-2H3,(H2,18,19,21). The second kappa shape index (κ2) is 8.56. The fraction of sp³-hybridized carbons (Fsp3) is 0.353. The Morgan fingerprint density at radius 1 is 1.14 bits per heavy atom. The average Bonchev–Trinajstić information content (AvgIpc) is 3.06. The van der Waals surface area contributed by atoms with Crippen molar-refractivity contribution in [2.45, 2.75) is 19.9 Å². The molecule has 0 fully saturated rings. The molecule has 2 rings (SSSR count). The van der Waals surface area contributed by atoms with Gasteiger partial charge in [0.05, 0.1) is 6.04 Å². The number of hydrogen-bond acceptors (Lipinski definition) is 3. The van der Waals surface area contributed by atoms with Crippen LogP contribution in [0.15, 0.2) is 47.8 Å². The molecule has 5 heteroatoms. The highest BCUT2D eigenvalue weighted by molar-refractivity contribution is 7.10. The second-order valence-electron chi connectivity index (χ2n) is 4.95. The zero-order valence-corrected chi connectivity index (χ0v) is 13.9. The minimum atomic E-state index is -0.167. The zero-order valence-electron chi connectivity index (χ0n) is 13.1. The van der Waals surface area contributed by atoms with Crippen LogP contribution in [0.4, 0.5) is 10.5 Å². The zero-order chi connectivity index (χ0) is 15.8. The lowest BCUT2D eigenvalue weighted by atomic mass is 10.2. The van der Waals surface area contributed by atoms with E-state index in [1.54, 1.807) is 11.3 Å². The largest absolute Gasteiger partial charge is 0.336 e. The third-order valence-electron chi connectivity index (χ3n) is 3.61. The van der Waals surface area contributed by atoms with Crippen molar-refractivity contribution in [3.05, 3.63) is 52.7 Å². The molecule has 2 aromatic rings. The molecule has 1 unspecified atom stereocenters. The first-order valence-corrected chi connectivity index (χ1v) is 8.49. The molecule has 22 heavy (non-hydrogen) atoms. The summed E-state index contributed by atoms with van der Waals surface area (Å²) in [7, 11) is 0. The predicted octanol–water partition coefficient (Wildman–Crippen LogP) is 3.95. The van der Waals surface area contributed by atoms with Crippen LogP contribution in [-0.4, -0.2) is 30.6 Å². The molecule has 0 aliphatic rings. The molecular formula is C17H23N3OS. The number of nitrogens with one attached hydrogen (secondary N) is 2. The number of likely N-dealkylation sites (N-methyl/N-ethyl adjacent to an activating group) is 1. The van der Waals surface area contributed by atoms with E-state index in [1.807, 2.05) is 30.3 Å². The summed E-state index contributed by atoms with van der Waals surface area (Å²) in [5, 5.41) is 7.92. The highest BCUT2D eigenvalue weighted by Crippen LogP contribution is 2.24. The van der Waals surface area contributed by atoms with E-state index in [4.69, 9.17) is 0 Å². The van der Waals surface area contributed by atoms with Crippen molar-refractivity contribution in [2.75, 3.05) is 25.0 Å². The molecule has 0 radical (unpaired) electrons. The lowest BCUT2D eigenvalue weighted by molar-refractivity contribution is 0.212. The molecule has 2 amide bonds. The fourth-order valence-electron chi connectivity index (χ4n) is 2.44. The summed E-state index contributed by atoms with van der Waals surface area (Å²) >= 11 is 1.73. The maximum absolute atomic E-state index is 12.0. The maximum Gasteiger partial charge on any atom is 0.319 e. The number of urea groups is 1. The van der Waals surface area contributed by atoms with E-state index in [0.717, 1.165) is 18.8 Å². The fourth-order valence-corrected chi connectivity index (χ4v) is 3.30. The number of anilines is 1. The van der Waals surface area contributed by atoms with E-state index >= 15 is 0 Å². The molecule has 1 heterocycles. The summed E-state index contributed by atoms with van der Waals surface area (Å²) in [6.07, 6.45) is 0. The van der Waals surface area contributed by atoms with Gasteiger partial charge in [-0.25, -0.2) is 4.79 Å². The van der Waals surface area contributed by atoms with Gasteiger partial charge in [0.1, 0.15) is 0 Å². The number of carbonyl (C=O) groups excluding carboxylic acids is 1. The van der Waals surface area contributed by atoms with Gasteiger partial charge >= 0.3 is 6.03 Å². The van der Waals surface area contributed by atoms with Crippen LogP contribution in [0.2, 0.25) is 0 Å². The Morgan fingerprint density at radius 2 is 1.86 bits per heavy atom. The Bertz CT molecular complexity index is 553. The number of benzene rings is 1. The smallest absolute Gasteiger partial charge is 0.319 e. The molecular weight excluding hydrogens is 294 g/mol. The first-order chi connectivity index (χ1) is 10.7. The van der Waals surface area contributed by atoms with Crippen LogP contribution in [0, 0.1) is 0 Å². The second-order valence-corrected chi connectivity index (χ2v) is 5.93. The molecule has 0 saturated heterocycles. The van der Waals surface area contributed by atoms with Gasteiger partial charge < -0.3 is 10.6 Å². The molecule has 0 spiro atoms. The van der Waals surface area contributed by atoms with Gasteiger partial charge in [-0.3, -0.25) is 4.90 Å². The van der Waals surface area contributed by atoms with Gasteiger partial charge in [-0.15, -0.1) is 11.3 Å². The summed E-state index contributed by atoms with van der Waals surface area (Å²) in [5.41, 5.74) is 0.801. The third kappa shape index (κ3) is 4.58. The van der Waals surface area contributed by atoms with Crippen LogP contribution < -0.4 is 10.6 Å². The highest BCUT2D eigenvalue weighted by Gasteiger charge is 2.19. The van der Waals surface area contributed by atoms with Crippen LogP contribution in [0.5, 0.6) is 0 Å². The van der Waals surface area contributed by atoms with Gasteiger partial charge in [0.25, 0.3) is 0 Å². The van der Waals surface area contributed by atoms with E-state index in [9.17, 15) is 4.79 Å². The van der Waals surface area contributed by atoms with Crippen LogP contribution in [-0.2, 0) is 0 Å². The Kier molecular flexibility index (Phi) is 6.43. The summed E-state index contributed by atoms with van der Waals surface area (Å²) in [5.74, 6) is 0. The van der Waals surface area contributed by atoms with Crippen molar-refractivity contribution in [3.8, 4) is 0 Å². The van der Waals surface area contributed by atoms with Gasteiger partial charge in [0, 0.05) is 17.1 Å². The van der Waals surface area contributed by atoms with Crippen molar-refractivity contribution < 1.29 is 4.79 Å². The first-order valence-electron chi connectivity index (χ1n) is 7.62. The van der Waals surface area contributed by atoms with E-state index in [0.29, 0.717) is 6.54 Å². The summed E-state index contributed by atoms with van der Waals surface area (Å²) in [6, 6.07) is 13.7. The summed E-state index contributed by atoms with van der Waals surface area (Å²) < 4.78 is 0. The molecule has 0 aliphatic carbocycles. The number of hydrogen-bond donors (Lipinski definition) is 2. The van der Waals surface area contributed by atoms with Crippen LogP contribution in [0.3, 0.4) is 0 Å². The van der Waals surface area contributed by atoms with Crippen molar-refractivity contribution in [1.29, 1.82) is 0 Å². The monoisotopic (exact) mass is 317 g/mol. The molecule has 1 aromatic carbocycles. The lowest BCUT2D eigenvalue weighted by Crippen LogP contribution is -2.39. The van der Waals surface area contributed by atoms with Crippen molar-refractivity contribution in [2.24, 2.45) is 0 Å². The van der Waals surface area contributed by atoms with E-state index in [1.165, 1.54) is 4.88 Å². The molecule has 0 bridgehead atoms. The number of thiophene rings is 1. The molecule has 2 N–H and O–H groups in total. The van der Waals surface area contributed by atoms with Crippen molar-refractivity contribution >= 4 is 23.1 Å². The maximum atomic E-state index is 12.0. The topological polar surface area (TPSA) is 44.4 Å². The van der Waals surface area contributed by atoms with Crippen LogP contribution >= 0.6 is 11.3 Å². The lowest BCUT2D eigenvalue weighted by Gasteiger charge is -2.29. The molecule has 1 aromatic heterocycles. The minimum Gasteiger partial charge on any atom is -0.336 e. The molecule has 1 atom stereocenters. The van der Waals surface area contributed by atoms with Crippen LogP contribution in [0.1, 0.15) is 24.8 Å². The van der Waals surface area contributed by atoms with Crippen molar-refractivity contribution in [3.63, 3.8) is 0 Å². The first kappa shape index (κ1) is 16.5. The molecule has 0 aliphatic heterocycles. The van der Waals surface area contributed by atoms with Gasteiger partial charge in [-0.05, 0) is 36.7 Å². The molecule has 4 nitrogen and oxygen atoms in total. The quantitative estimate of drug-likeness (QED) is 0.812. The number of nitrogens with zero attached hydrogens (tertiary/aromatic N) is 1. The van der Waals surface area contributed by atoms with Gasteiger partial charge in [-0.1, -0.05) is 38.1 Å². The number of para-hydroxylation sites is 1. The van der Waals surface area contributed by atoms with Gasteiger partial charge in [-0.2, -0.15) is 0 Å². The SMILES string of the molecule is CCN(CC)C(CNC(=O)Nc1ccccc1)c1cccs1. The molecule has 118 valence electrons. The van der Waals surface area contributed by atoms with E-state index in [-0.39, 0.29) is 12.1 Å². The Morgan fingerprint density at radius 3 is 2.45 bits per heavy atom. The Labute approximate surface area is 136 Å². The molecule has 0 saturated carbocycles.